The molecule has 5 aromatic rings. The zero-order valence-electron chi connectivity index (χ0n) is 15.2. The molecule has 3 nitrogen and oxygen atoms in total. The first-order valence-electron chi connectivity index (χ1n) is 9.05. The van der Waals surface area contributed by atoms with Crippen molar-refractivity contribution in [2.24, 2.45) is 0 Å². The maximum atomic E-state index is 5.96. The molecule has 0 bridgehead atoms. The van der Waals surface area contributed by atoms with Gasteiger partial charge in [-0.3, -0.25) is 0 Å². The van der Waals surface area contributed by atoms with Crippen LogP contribution in [0.3, 0.4) is 0 Å². The normalized spacial score (nSPS) is 10.7. The lowest BCUT2D eigenvalue weighted by Crippen LogP contribution is -3.00. The zero-order chi connectivity index (χ0) is 18.1. The number of rotatable bonds is 4. The maximum Gasteiger partial charge on any atom is 0.249 e. The molecule has 138 valence electrons. The molecule has 3 aromatic carbocycles. The van der Waals surface area contributed by atoms with Crippen LogP contribution in [0, 0.1) is 0 Å². The van der Waals surface area contributed by atoms with Gasteiger partial charge in [-0.2, -0.15) is 0 Å². The topological polar surface area (TPSA) is 21.9 Å². The van der Waals surface area contributed by atoms with Crippen molar-refractivity contribution < 1.29 is 26.0 Å². The van der Waals surface area contributed by atoms with Crippen LogP contribution in [0.4, 0.5) is 0 Å². The minimum atomic E-state index is 0. The minimum absolute atomic E-state index is 0. The molecule has 4 heteroatoms. The number of furan rings is 1. The Kier molecular flexibility index (Phi) is 5.13. The van der Waals surface area contributed by atoms with Crippen molar-refractivity contribution in [2.45, 2.75) is 6.54 Å². The van der Waals surface area contributed by atoms with E-state index in [-0.39, 0.29) is 17.0 Å². The smallest absolute Gasteiger partial charge is 0.249 e. The van der Waals surface area contributed by atoms with Crippen molar-refractivity contribution in [3.8, 4) is 17.0 Å². The highest BCUT2D eigenvalue weighted by atomic mass is 79.9. The van der Waals surface area contributed by atoms with E-state index in [9.17, 15) is 0 Å². The molecule has 28 heavy (non-hydrogen) atoms. The van der Waals surface area contributed by atoms with Gasteiger partial charge in [-0.15, -0.1) is 0 Å². The highest BCUT2D eigenvalue weighted by Gasteiger charge is 2.09. The molecule has 5 rings (SSSR count). The third-order valence-corrected chi connectivity index (χ3v) is 4.77. The number of aromatic nitrogens is 2. The summed E-state index contributed by atoms with van der Waals surface area (Å²) in [6, 6.07) is 29.1. The summed E-state index contributed by atoms with van der Waals surface area (Å²) < 4.78 is 10.3. The van der Waals surface area contributed by atoms with Gasteiger partial charge in [-0.25, -0.2) is 9.13 Å². The van der Waals surface area contributed by atoms with Crippen molar-refractivity contribution in [2.75, 3.05) is 0 Å². The molecule has 0 N–H and O–H groups in total. The molecule has 0 fully saturated rings. The van der Waals surface area contributed by atoms with Gasteiger partial charge in [0.15, 0.2) is 0 Å². The lowest BCUT2D eigenvalue weighted by Gasteiger charge is -1.99. The van der Waals surface area contributed by atoms with Gasteiger partial charge >= 0.3 is 0 Å². The van der Waals surface area contributed by atoms with Gasteiger partial charge < -0.3 is 21.4 Å². The predicted molar refractivity (Wildman–Crippen MR) is 107 cm³/mol. The van der Waals surface area contributed by atoms with Crippen LogP contribution in [-0.4, -0.2) is 4.57 Å². The van der Waals surface area contributed by atoms with E-state index in [1.165, 1.54) is 5.56 Å². The number of hydrogen-bond acceptors (Lipinski definition) is 1. The minimum Gasteiger partial charge on any atom is -1.00 e. The van der Waals surface area contributed by atoms with Gasteiger partial charge in [0.05, 0.1) is 0 Å². The second kappa shape index (κ2) is 7.87. The van der Waals surface area contributed by atoms with Crippen LogP contribution in [0.2, 0.25) is 0 Å². The fourth-order valence-corrected chi connectivity index (χ4v) is 3.36. The molecule has 0 saturated heterocycles. The summed E-state index contributed by atoms with van der Waals surface area (Å²) in [5, 5.41) is 1.13. The van der Waals surface area contributed by atoms with E-state index >= 15 is 0 Å². The Balaban J connectivity index is 0.00000192. The summed E-state index contributed by atoms with van der Waals surface area (Å²) in [6.45, 7) is 0.866. The zero-order valence-corrected chi connectivity index (χ0v) is 16.8. The van der Waals surface area contributed by atoms with Crippen LogP contribution in [-0.2, 0) is 6.54 Å². The summed E-state index contributed by atoms with van der Waals surface area (Å²) in [7, 11) is 0. The lowest BCUT2D eigenvalue weighted by atomic mass is 10.1. The van der Waals surface area contributed by atoms with Crippen LogP contribution < -0.4 is 21.5 Å². The Morgan fingerprint density at radius 3 is 2.36 bits per heavy atom. The van der Waals surface area contributed by atoms with Crippen LogP contribution >= 0.6 is 0 Å². The molecule has 0 aliphatic carbocycles. The number of nitrogens with zero attached hydrogens (tertiary/aromatic N) is 2. The summed E-state index contributed by atoms with van der Waals surface area (Å²) in [5.74, 6) is 0.898. The molecule has 0 aliphatic heterocycles. The van der Waals surface area contributed by atoms with Gasteiger partial charge in [0.2, 0.25) is 6.33 Å². The van der Waals surface area contributed by atoms with Crippen molar-refractivity contribution in [1.29, 1.82) is 0 Å². The van der Waals surface area contributed by atoms with E-state index in [0.717, 1.165) is 34.5 Å². The molecule has 0 radical (unpaired) electrons. The average molecular weight is 431 g/mol. The van der Waals surface area contributed by atoms with Crippen molar-refractivity contribution in [3.63, 3.8) is 0 Å². The first kappa shape index (κ1) is 18.3. The molecule has 0 saturated carbocycles. The largest absolute Gasteiger partial charge is 1.00 e. The van der Waals surface area contributed by atoms with E-state index in [1.54, 1.807) is 0 Å². The van der Waals surface area contributed by atoms with E-state index in [0.29, 0.717) is 0 Å². The summed E-state index contributed by atoms with van der Waals surface area (Å²) in [6.07, 6.45) is 6.29. The number of imidazole rings is 1. The number of halogens is 1. The number of hydrogen-bond donors (Lipinski definition) is 0. The van der Waals surface area contributed by atoms with Gasteiger partial charge in [0.25, 0.3) is 0 Å². The Morgan fingerprint density at radius 2 is 1.57 bits per heavy atom. The molecule has 0 unspecified atom stereocenters. The number of benzene rings is 3. The predicted octanol–water partition coefficient (Wildman–Crippen LogP) is 2.23. The Morgan fingerprint density at radius 1 is 0.821 bits per heavy atom. The molecule has 0 atom stereocenters. The standard InChI is InChI=1S/C24H19N2O.BrH/c1-2-6-19(7-3-1)17-25-14-15-26(18-25)22-12-10-20(11-13-22)24-16-21-8-4-5-9-23(21)27-24;/h1-16,18H,17H2;1H/q+1;/p-1. The van der Waals surface area contributed by atoms with Gasteiger partial charge in [-0.05, 0) is 42.0 Å². The van der Waals surface area contributed by atoms with Gasteiger partial charge in [0.1, 0.15) is 36.0 Å². The quantitative estimate of drug-likeness (QED) is 0.400. The second-order valence-electron chi connectivity index (χ2n) is 6.67. The third-order valence-electron chi connectivity index (χ3n) is 4.77. The van der Waals surface area contributed by atoms with Crippen molar-refractivity contribution in [3.05, 3.63) is 109 Å². The van der Waals surface area contributed by atoms with Crippen LogP contribution in [0.5, 0.6) is 0 Å². The van der Waals surface area contributed by atoms with E-state index in [4.69, 9.17) is 4.42 Å². The Bertz CT molecular complexity index is 1160. The average Bonchev–Trinajstić information content (AvgIpc) is 3.36. The van der Waals surface area contributed by atoms with Gasteiger partial charge in [0, 0.05) is 10.9 Å². The van der Waals surface area contributed by atoms with E-state index < -0.39 is 0 Å². The van der Waals surface area contributed by atoms with E-state index in [2.05, 4.69) is 88.5 Å². The van der Waals surface area contributed by atoms with Crippen LogP contribution in [0.1, 0.15) is 5.56 Å². The third kappa shape index (κ3) is 3.64. The fraction of sp³-hybridized carbons (Fsp3) is 0.0417. The van der Waals surface area contributed by atoms with Crippen LogP contribution in [0.15, 0.2) is 108 Å². The Hall–Kier alpha value is -3.11. The Labute approximate surface area is 174 Å². The maximum absolute atomic E-state index is 5.96. The summed E-state index contributed by atoms with van der Waals surface area (Å²) in [5.41, 5.74) is 4.42. The molecule has 0 aliphatic rings. The molecular weight excluding hydrogens is 412 g/mol. The molecule has 2 heterocycles. The highest BCUT2D eigenvalue weighted by molar-refractivity contribution is 5.82. The monoisotopic (exact) mass is 430 g/mol. The SMILES string of the molecule is [Br-].c1ccc(C[n+]2ccn(-c3ccc(-c4cc5ccccc5o4)cc3)c2)cc1. The second-order valence-corrected chi connectivity index (χ2v) is 6.67. The molecular formula is C24H19BrN2O. The first-order valence-corrected chi connectivity index (χ1v) is 9.05. The fourth-order valence-electron chi connectivity index (χ4n) is 3.36. The number of para-hydroxylation sites is 1. The van der Waals surface area contributed by atoms with Crippen molar-refractivity contribution >= 4 is 11.0 Å². The summed E-state index contributed by atoms with van der Waals surface area (Å²) >= 11 is 0. The van der Waals surface area contributed by atoms with Gasteiger partial charge in [-0.1, -0.05) is 48.5 Å². The van der Waals surface area contributed by atoms with Crippen LogP contribution in [0.25, 0.3) is 28.0 Å². The van der Waals surface area contributed by atoms with E-state index in [1.807, 2.05) is 24.3 Å². The molecule has 0 spiro atoms. The molecule has 0 amide bonds. The lowest BCUT2D eigenvalue weighted by molar-refractivity contribution is -0.687. The highest BCUT2D eigenvalue weighted by Crippen LogP contribution is 2.28. The molecule has 2 aromatic heterocycles. The van der Waals surface area contributed by atoms with Crippen molar-refractivity contribution in [1.82, 2.24) is 4.57 Å². The number of fused-ring (bicyclic) bond motifs is 1. The summed E-state index contributed by atoms with van der Waals surface area (Å²) in [4.78, 5) is 0. The first-order chi connectivity index (χ1) is 13.3.